The molecule has 0 nitrogen and oxygen atoms in total. The molecule has 0 fully saturated rings. The first kappa shape index (κ1) is 11.0. The molecule has 17 heavy (non-hydrogen) atoms. The lowest BCUT2D eigenvalue weighted by atomic mass is 10.1. The third kappa shape index (κ3) is 1.90. The minimum absolute atomic E-state index is 1.23. The molecule has 0 aromatic carbocycles. The molecule has 0 radical (unpaired) electrons. The number of thiophene rings is 3. The summed E-state index contributed by atoms with van der Waals surface area (Å²) in [5.74, 6) is 0. The summed E-state index contributed by atoms with van der Waals surface area (Å²) in [4.78, 5) is 4.03. The maximum Gasteiger partial charge on any atom is 0.0535 e. The van der Waals surface area contributed by atoms with E-state index in [2.05, 4.69) is 47.0 Å². The van der Waals surface area contributed by atoms with Gasteiger partial charge in [-0.3, -0.25) is 0 Å². The van der Waals surface area contributed by atoms with Gasteiger partial charge >= 0.3 is 0 Å². The van der Waals surface area contributed by atoms with Gasteiger partial charge in [-0.15, -0.1) is 34.0 Å². The number of hydrogen-bond donors (Lipinski definition) is 0. The fraction of sp³-hybridized carbons (Fsp3) is 0. The number of hydrogen-bond acceptors (Lipinski definition) is 3. The largest absolute Gasteiger partial charge is 0.144 e. The predicted molar refractivity (Wildman–Crippen MR) is 81.0 cm³/mol. The maximum absolute atomic E-state index is 3.88. The van der Waals surface area contributed by atoms with Crippen LogP contribution in [0.3, 0.4) is 0 Å². The lowest BCUT2D eigenvalue weighted by Crippen LogP contribution is -1.74. The Morgan fingerprint density at radius 2 is 1.71 bits per heavy atom. The van der Waals surface area contributed by atoms with Crippen LogP contribution in [0.1, 0.15) is 5.56 Å². The second-order valence-electron chi connectivity index (χ2n) is 3.55. The summed E-state index contributed by atoms with van der Waals surface area (Å²) < 4.78 is 0. The van der Waals surface area contributed by atoms with E-state index in [4.69, 9.17) is 0 Å². The van der Waals surface area contributed by atoms with Crippen LogP contribution < -0.4 is 0 Å². The zero-order chi connectivity index (χ0) is 11.7. The Hall–Kier alpha value is -1.16. The lowest BCUT2D eigenvalue weighted by molar-refractivity contribution is 1.83. The van der Waals surface area contributed by atoms with Gasteiger partial charge in [0.25, 0.3) is 0 Å². The van der Waals surface area contributed by atoms with E-state index in [-0.39, 0.29) is 0 Å². The van der Waals surface area contributed by atoms with Gasteiger partial charge in [0.05, 0.1) is 9.75 Å². The standard InChI is InChI=1S/C14H10S3/c1-2-10-5-8-16-13(10)14-11(6-9-17-14)12-4-3-7-15-12/h2-9H,1H2. The zero-order valence-corrected chi connectivity index (χ0v) is 11.5. The highest BCUT2D eigenvalue weighted by Crippen LogP contribution is 2.42. The molecule has 0 aliphatic carbocycles. The smallest absolute Gasteiger partial charge is 0.0535 e. The van der Waals surface area contributed by atoms with E-state index in [0.29, 0.717) is 0 Å². The molecule has 3 aromatic heterocycles. The van der Waals surface area contributed by atoms with Gasteiger partial charge < -0.3 is 0 Å². The Labute approximate surface area is 113 Å². The summed E-state index contributed by atoms with van der Waals surface area (Å²) in [6.45, 7) is 3.88. The van der Waals surface area contributed by atoms with Crippen molar-refractivity contribution < 1.29 is 0 Å². The average Bonchev–Trinajstić information content (AvgIpc) is 3.09. The molecule has 0 saturated heterocycles. The molecule has 3 heteroatoms. The summed E-state index contributed by atoms with van der Waals surface area (Å²) in [6, 6.07) is 8.62. The van der Waals surface area contributed by atoms with Crippen LogP contribution in [-0.4, -0.2) is 0 Å². The molecule has 0 N–H and O–H groups in total. The third-order valence-electron chi connectivity index (χ3n) is 2.57. The van der Waals surface area contributed by atoms with E-state index in [1.165, 1.54) is 25.8 Å². The van der Waals surface area contributed by atoms with E-state index in [0.717, 1.165) is 0 Å². The third-order valence-corrected chi connectivity index (χ3v) is 5.49. The fourth-order valence-corrected chi connectivity index (χ4v) is 4.61. The Balaban J connectivity index is 2.17. The molecule has 0 bridgehead atoms. The van der Waals surface area contributed by atoms with Crippen molar-refractivity contribution in [3.05, 3.63) is 52.5 Å². The van der Waals surface area contributed by atoms with Crippen LogP contribution in [0.4, 0.5) is 0 Å². The van der Waals surface area contributed by atoms with Crippen LogP contribution in [0.2, 0.25) is 0 Å². The highest BCUT2D eigenvalue weighted by atomic mass is 32.1. The van der Waals surface area contributed by atoms with Crippen LogP contribution in [0.25, 0.3) is 26.3 Å². The fourth-order valence-electron chi connectivity index (χ4n) is 1.78. The summed E-state index contributed by atoms with van der Waals surface area (Å²) in [7, 11) is 0. The van der Waals surface area contributed by atoms with Crippen molar-refractivity contribution in [2.45, 2.75) is 0 Å². The zero-order valence-electron chi connectivity index (χ0n) is 9.05. The molecular weight excluding hydrogens is 264 g/mol. The molecule has 3 rings (SSSR count). The van der Waals surface area contributed by atoms with Crippen molar-refractivity contribution in [1.82, 2.24) is 0 Å². The van der Waals surface area contributed by atoms with Crippen LogP contribution in [-0.2, 0) is 0 Å². The van der Waals surface area contributed by atoms with Gasteiger partial charge in [-0.1, -0.05) is 18.7 Å². The second kappa shape index (κ2) is 4.61. The van der Waals surface area contributed by atoms with Crippen molar-refractivity contribution in [3.8, 4) is 20.2 Å². The predicted octanol–water partition coefficient (Wildman–Crippen LogP) is 5.85. The highest BCUT2D eigenvalue weighted by Gasteiger charge is 2.13. The molecule has 0 aliphatic rings. The SMILES string of the molecule is C=Cc1ccsc1-c1sccc1-c1cccs1. The maximum atomic E-state index is 3.88. The topological polar surface area (TPSA) is 0 Å². The van der Waals surface area contributed by atoms with Crippen molar-refractivity contribution in [3.63, 3.8) is 0 Å². The van der Waals surface area contributed by atoms with E-state index in [9.17, 15) is 0 Å². The van der Waals surface area contributed by atoms with Gasteiger partial charge in [0.15, 0.2) is 0 Å². The van der Waals surface area contributed by atoms with Gasteiger partial charge in [-0.05, 0) is 39.9 Å². The van der Waals surface area contributed by atoms with E-state index < -0.39 is 0 Å². The minimum Gasteiger partial charge on any atom is -0.144 e. The lowest BCUT2D eigenvalue weighted by Gasteiger charge is -2.00. The van der Waals surface area contributed by atoms with E-state index >= 15 is 0 Å². The molecule has 84 valence electrons. The molecule has 0 amide bonds. The summed E-state index contributed by atoms with van der Waals surface area (Å²) in [5, 5.41) is 6.42. The van der Waals surface area contributed by atoms with Crippen molar-refractivity contribution >= 4 is 40.1 Å². The number of rotatable bonds is 3. The Morgan fingerprint density at radius 1 is 0.882 bits per heavy atom. The van der Waals surface area contributed by atoms with Crippen molar-refractivity contribution in [2.75, 3.05) is 0 Å². The first-order chi connectivity index (χ1) is 8.40. The summed E-state index contributed by atoms with van der Waals surface area (Å²) >= 11 is 5.38. The average molecular weight is 274 g/mol. The Morgan fingerprint density at radius 3 is 2.47 bits per heavy atom. The monoisotopic (exact) mass is 274 g/mol. The van der Waals surface area contributed by atoms with Crippen molar-refractivity contribution in [2.24, 2.45) is 0 Å². The molecule has 3 aromatic rings. The van der Waals surface area contributed by atoms with Crippen LogP contribution in [0.5, 0.6) is 0 Å². The van der Waals surface area contributed by atoms with Gasteiger partial charge in [0.1, 0.15) is 0 Å². The molecule has 0 unspecified atom stereocenters. The highest BCUT2D eigenvalue weighted by molar-refractivity contribution is 7.21. The molecular formula is C14H10S3. The van der Waals surface area contributed by atoms with E-state index in [1.54, 1.807) is 34.0 Å². The van der Waals surface area contributed by atoms with Crippen LogP contribution >= 0.6 is 34.0 Å². The normalized spacial score (nSPS) is 10.6. The van der Waals surface area contributed by atoms with E-state index in [1.807, 2.05) is 6.08 Å². The summed E-state index contributed by atoms with van der Waals surface area (Å²) in [5.41, 5.74) is 2.57. The first-order valence-electron chi connectivity index (χ1n) is 5.22. The van der Waals surface area contributed by atoms with Gasteiger partial charge in [0, 0.05) is 10.4 Å². The van der Waals surface area contributed by atoms with Crippen LogP contribution in [0, 0.1) is 0 Å². The molecule has 0 saturated carbocycles. The molecule has 0 atom stereocenters. The Bertz CT molecular complexity index is 626. The van der Waals surface area contributed by atoms with Crippen molar-refractivity contribution in [1.29, 1.82) is 0 Å². The van der Waals surface area contributed by atoms with Gasteiger partial charge in [-0.25, -0.2) is 0 Å². The molecule has 3 heterocycles. The first-order valence-corrected chi connectivity index (χ1v) is 7.85. The second-order valence-corrected chi connectivity index (χ2v) is 6.33. The minimum atomic E-state index is 1.23. The Kier molecular flexibility index (Phi) is 2.97. The molecule has 0 aliphatic heterocycles. The quantitative estimate of drug-likeness (QED) is 0.562. The van der Waals surface area contributed by atoms with Gasteiger partial charge in [0.2, 0.25) is 0 Å². The van der Waals surface area contributed by atoms with Crippen LogP contribution in [0.15, 0.2) is 47.0 Å². The van der Waals surface area contributed by atoms with Gasteiger partial charge in [-0.2, -0.15) is 0 Å². The summed E-state index contributed by atoms with van der Waals surface area (Å²) in [6.07, 6.45) is 1.93. The molecule has 0 spiro atoms.